The molecule has 0 amide bonds. The minimum Gasteiger partial charge on any atom is -0.378 e. The van der Waals surface area contributed by atoms with Crippen molar-refractivity contribution in [2.24, 2.45) is 40.4 Å². The molecule has 0 aliphatic heterocycles. The van der Waals surface area contributed by atoms with E-state index in [1.54, 1.807) is 0 Å². The molecule has 4 saturated carbocycles. The second kappa shape index (κ2) is 7.36. The van der Waals surface area contributed by atoms with E-state index in [2.05, 4.69) is 38.7 Å². The first-order chi connectivity index (χ1) is 13.4. The van der Waals surface area contributed by atoms with Crippen LogP contribution in [0.4, 0.5) is 0 Å². The van der Waals surface area contributed by atoms with Crippen LogP contribution in [-0.4, -0.2) is 10.7 Å². The molecule has 0 spiro atoms. The standard InChI is InChI=1S/C26H39NO/c1-4-19-9-11-22-21-10-8-20-18-26(28,13-6-5-7-17-27)16-15-25(20,3)23(21)12-14-24(19,22)2/h19-23,28H,4-5,7-12,14-16,18H2,1-3H3/t19-,20+,21-,22-,23-,24+,25-,26+/m0/s1. The zero-order chi connectivity index (χ0) is 20.0. The van der Waals surface area contributed by atoms with E-state index in [4.69, 9.17) is 5.26 Å². The molecule has 0 aromatic rings. The molecule has 0 radical (unpaired) electrons. The maximum absolute atomic E-state index is 11.1. The second-order valence-corrected chi connectivity index (χ2v) is 11.1. The minimum absolute atomic E-state index is 0.398. The number of unbranched alkanes of at least 4 members (excludes halogenated alkanes) is 1. The summed E-state index contributed by atoms with van der Waals surface area (Å²) in [5, 5.41) is 19.8. The number of fused-ring (bicyclic) bond motifs is 5. The summed E-state index contributed by atoms with van der Waals surface area (Å²) in [5.41, 5.74) is 0.187. The highest BCUT2D eigenvalue weighted by atomic mass is 16.3. The van der Waals surface area contributed by atoms with Gasteiger partial charge in [-0.15, -0.1) is 0 Å². The summed E-state index contributed by atoms with van der Waals surface area (Å²) in [5.74, 6) is 10.5. The van der Waals surface area contributed by atoms with Crippen LogP contribution in [-0.2, 0) is 0 Å². The Morgan fingerprint density at radius 2 is 1.71 bits per heavy atom. The van der Waals surface area contributed by atoms with Crippen molar-refractivity contribution in [2.75, 3.05) is 0 Å². The van der Waals surface area contributed by atoms with Gasteiger partial charge in [0.05, 0.1) is 6.07 Å². The Morgan fingerprint density at radius 1 is 0.929 bits per heavy atom. The number of aliphatic hydroxyl groups is 1. The Kier molecular flexibility index (Phi) is 5.33. The predicted octanol–water partition coefficient (Wildman–Crippen LogP) is 6.09. The Morgan fingerprint density at radius 3 is 2.46 bits per heavy atom. The average Bonchev–Trinajstić information content (AvgIpc) is 3.02. The topological polar surface area (TPSA) is 44.0 Å². The molecule has 28 heavy (non-hydrogen) atoms. The van der Waals surface area contributed by atoms with Crippen molar-refractivity contribution in [3.63, 3.8) is 0 Å². The Labute approximate surface area is 172 Å². The van der Waals surface area contributed by atoms with E-state index in [1.807, 2.05) is 0 Å². The lowest BCUT2D eigenvalue weighted by molar-refractivity contribution is -0.138. The van der Waals surface area contributed by atoms with E-state index >= 15 is 0 Å². The largest absolute Gasteiger partial charge is 0.378 e. The van der Waals surface area contributed by atoms with Crippen molar-refractivity contribution in [1.82, 2.24) is 0 Å². The number of hydrogen-bond acceptors (Lipinski definition) is 2. The van der Waals surface area contributed by atoms with Gasteiger partial charge in [0.1, 0.15) is 5.60 Å². The molecular weight excluding hydrogens is 342 g/mol. The van der Waals surface area contributed by atoms with Crippen LogP contribution in [0, 0.1) is 63.6 Å². The highest BCUT2D eigenvalue weighted by Crippen LogP contribution is 2.68. The third-order valence-electron chi connectivity index (χ3n) is 10.1. The van der Waals surface area contributed by atoms with E-state index in [0.29, 0.717) is 29.6 Å². The SMILES string of the molecule is CC[C@H]1CC[C@H]2[C@@H]3CC[C@@H]4C[C@@](O)(C#CCCC#N)CC[C@]4(C)[C@H]3CC[C@]12C. The molecule has 4 aliphatic rings. The van der Waals surface area contributed by atoms with Crippen LogP contribution in [0.3, 0.4) is 0 Å². The van der Waals surface area contributed by atoms with Crippen LogP contribution in [0.15, 0.2) is 0 Å². The first kappa shape index (κ1) is 20.3. The quantitative estimate of drug-likeness (QED) is 0.464. The maximum Gasteiger partial charge on any atom is 0.125 e. The van der Waals surface area contributed by atoms with E-state index in [-0.39, 0.29) is 0 Å². The number of nitrogens with zero attached hydrogens (tertiary/aromatic N) is 1. The first-order valence-corrected chi connectivity index (χ1v) is 12.0. The van der Waals surface area contributed by atoms with Gasteiger partial charge < -0.3 is 5.11 Å². The summed E-state index contributed by atoms with van der Waals surface area (Å²) < 4.78 is 0. The van der Waals surface area contributed by atoms with Gasteiger partial charge in [-0.05, 0) is 98.2 Å². The predicted molar refractivity (Wildman–Crippen MR) is 113 cm³/mol. The summed E-state index contributed by atoms with van der Waals surface area (Å²) >= 11 is 0. The van der Waals surface area contributed by atoms with Gasteiger partial charge in [0.25, 0.3) is 0 Å². The molecule has 0 saturated heterocycles. The van der Waals surface area contributed by atoms with Crippen LogP contribution in [0.5, 0.6) is 0 Å². The monoisotopic (exact) mass is 381 g/mol. The van der Waals surface area contributed by atoms with Crippen molar-refractivity contribution in [3.05, 3.63) is 0 Å². The lowest BCUT2D eigenvalue weighted by atomic mass is 9.44. The van der Waals surface area contributed by atoms with Gasteiger partial charge in [-0.3, -0.25) is 0 Å². The molecule has 2 heteroatoms. The first-order valence-electron chi connectivity index (χ1n) is 12.0. The minimum atomic E-state index is -0.809. The molecule has 1 N–H and O–H groups in total. The molecule has 0 heterocycles. The van der Waals surface area contributed by atoms with E-state index < -0.39 is 5.60 Å². The Bertz CT molecular complexity index is 697. The third-order valence-corrected chi connectivity index (χ3v) is 10.1. The smallest absolute Gasteiger partial charge is 0.125 e. The number of rotatable bonds is 2. The van der Waals surface area contributed by atoms with Gasteiger partial charge in [0.15, 0.2) is 0 Å². The van der Waals surface area contributed by atoms with E-state index in [9.17, 15) is 5.11 Å². The summed E-state index contributed by atoms with van der Waals surface area (Å²) in [4.78, 5) is 0. The van der Waals surface area contributed by atoms with E-state index in [0.717, 1.165) is 42.9 Å². The van der Waals surface area contributed by atoms with Crippen LogP contribution >= 0.6 is 0 Å². The van der Waals surface area contributed by atoms with Crippen molar-refractivity contribution < 1.29 is 5.11 Å². The molecule has 154 valence electrons. The highest BCUT2D eigenvalue weighted by Gasteiger charge is 2.60. The lowest BCUT2D eigenvalue weighted by Crippen LogP contribution is -2.55. The molecule has 4 aliphatic carbocycles. The van der Waals surface area contributed by atoms with Crippen LogP contribution in [0.2, 0.25) is 0 Å². The summed E-state index contributed by atoms with van der Waals surface area (Å²) in [7, 11) is 0. The molecule has 0 aromatic heterocycles. The molecule has 0 bridgehead atoms. The summed E-state index contributed by atoms with van der Waals surface area (Å²) in [6.07, 6.45) is 13.6. The fourth-order valence-electron chi connectivity index (χ4n) is 8.48. The van der Waals surface area contributed by atoms with Crippen molar-refractivity contribution in [1.29, 1.82) is 5.26 Å². The van der Waals surface area contributed by atoms with Crippen LogP contribution < -0.4 is 0 Å². The maximum atomic E-state index is 11.1. The van der Waals surface area contributed by atoms with Crippen molar-refractivity contribution in [3.8, 4) is 17.9 Å². The fourth-order valence-corrected chi connectivity index (χ4v) is 8.48. The zero-order valence-electron chi connectivity index (χ0n) is 18.3. The molecule has 4 rings (SSSR count). The molecule has 4 fully saturated rings. The zero-order valence-corrected chi connectivity index (χ0v) is 18.3. The lowest BCUT2D eigenvalue weighted by Gasteiger charge is -2.61. The molecule has 8 atom stereocenters. The second-order valence-electron chi connectivity index (χ2n) is 11.1. The van der Waals surface area contributed by atoms with Gasteiger partial charge in [-0.25, -0.2) is 0 Å². The number of hydrogen-bond donors (Lipinski definition) is 1. The van der Waals surface area contributed by atoms with E-state index in [1.165, 1.54) is 44.9 Å². The average molecular weight is 382 g/mol. The Balaban J connectivity index is 1.50. The Hall–Kier alpha value is -0.990. The van der Waals surface area contributed by atoms with Crippen molar-refractivity contribution >= 4 is 0 Å². The van der Waals surface area contributed by atoms with Gasteiger partial charge in [0.2, 0.25) is 0 Å². The van der Waals surface area contributed by atoms with Gasteiger partial charge in [0, 0.05) is 12.8 Å². The molecular formula is C26H39NO. The van der Waals surface area contributed by atoms with Gasteiger partial charge >= 0.3 is 0 Å². The van der Waals surface area contributed by atoms with Crippen LogP contribution in [0.1, 0.15) is 97.8 Å². The normalized spacial score (nSPS) is 49.8. The molecule has 0 unspecified atom stereocenters. The van der Waals surface area contributed by atoms with Gasteiger partial charge in [-0.2, -0.15) is 5.26 Å². The van der Waals surface area contributed by atoms with Gasteiger partial charge in [-0.1, -0.05) is 39.0 Å². The van der Waals surface area contributed by atoms with Crippen LogP contribution in [0.25, 0.3) is 0 Å². The molecule has 0 aromatic carbocycles. The fraction of sp³-hybridized carbons (Fsp3) is 0.885. The summed E-state index contributed by atoms with van der Waals surface area (Å²) in [6.45, 7) is 7.59. The van der Waals surface area contributed by atoms with Crippen molar-refractivity contribution in [2.45, 2.75) is 103 Å². The number of nitriles is 1. The molecule has 2 nitrogen and oxygen atoms in total. The third kappa shape index (κ3) is 3.12. The highest BCUT2D eigenvalue weighted by molar-refractivity contribution is 5.19. The summed E-state index contributed by atoms with van der Waals surface area (Å²) in [6, 6.07) is 2.14.